The number of amides is 2. The minimum Gasteiger partial charge on any atom is -0.493 e. The Balaban J connectivity index is 2.54. The number of rotatable bonds is 13. The number of nitrogens with zero attached hydrogens (tertiary/aromatic N) is 1. The molecule has 2 rings (SSSR count). The third-order valence-corrected chi connectivity index (χ3v) is 7.53. The Kier molecular flexibility index (Phi) is 13.5. The van der Waals surface area contributed by atoms with E-state index in [2.05, 4.69) is 6.58 Å². The molecule has 1 unspecified atom stereocenters. The molecule has 11 nitrogen and oxygen atoms in total. The van der Waals surface area contributed by atoms with Crippen LogP contribution in [0, 0.1) is 11.8 Å². The smallest absolute Gasteiger partial charge is 0.493 e. The Hall–Kier alpha value is -3.31. The van der Waals surface area contributed by atoms with Crippen molar-refractivity contribution in [2.24, 2.45) is 11.8 Å². The quantitative estimate of drug-likeness (QED) is 0.144. The van der Waals surface area contributed by atoms with E-state index in [0.717, 1.165) is 16.0 Å². The van der Waals surface area contributed by atoms with Crippen LogP contribution in [0.15, 0.2) is 30.4 Å². The summed E-state index contributed by atoms with van der Waals surface area (Å²) in [6.45, 7) is 20.3. The zero-order valence-corrected chi connectivity index (χ0v) is 29.6. The van der Waals surface area contributed by atoms with Crippen LogP contribution >= 0.6 is 0 Å². The standard InChI is InChI=1S/C35H55NO10/c1-22(2)24(18-23-14-15-27(42-12)29(19-23)43-17-13-16-41-11)20-26-28(44-32(39)46-34(6,7)8)21-25(35(9,10)40)30(37)36(26)31(38)45-33(3,4)5/h14-15,19,24-26,28,40H,1,13,16-18,20-21H2,2-12H3/t24-,25?,26-,28-/m0/s1. The number of hydrogen-bond donors (Lipinski definition) is 1. The fourth-order valence-corrected chi connectivity index (χ4v) is 5.28. The first kappa shape index (κ1) is 38.9. The van der Waals surface area contributed by atoms with E-state index in [1.54, 1.807) is 55.8 Å². The summed E-state index contributed by atoms with van der Waals surface area (Å²) in [5.74, 6) is -0.746. The normalized spacial score (nSPS) is 19.7. The van der Waals surface area contributed by atoms with Crippen molar-refractivity contribution in [3.63, 3.8) is 0 Å². The molecular formula is C35H55NO10. The lowest BCUT2D eigenvalue weighted by Crippen LogP contribution is -2.62. The largest absolute Gasteiger partial charge is 0.509 e. The van der Waals surface area contributed by atoms with Gasteiger partial charge in [0.05, 0.1) is 31.3 Å². The summed E-state index contributed by atoms with van der Waals surface area (Å²) < 4.78 is 33.6. The Morgan fingerprint density at radius 1 is 1.00 bits per heavy atom. The van der Waals surface area contributed by atoms with Gasteiger partial charge in [0.1, 0.15) is 17.3 Å². The second kappa shape index (κ2) is 16.0. The molecule has 1 N–H and O–H groups in total. The van der Waals surface area contributed by atoms with Gasteiger partial charge in [-0.3, -0.25) is 4.79 Å². The molecule has 1 aliphatic rings. The number of likely N-dealkylation sites (tertiary alicyclic amines) is 1. The van der Waals surface area contributed by atoms with Crippen LogP contribution in [0.5, 0.6) is 11.5 Å². The lowest BCUT2D eigenvalue weighted by molar-refractivity contribution is -0.161. The summed E-state index contributed by atoms with van der Waals surface area (Å²) in [5, 5.41) is 11.0. The fraction of sp³-hybridized carbons (Fsp3) is 0.686. The van der Waals surface area contributed by atoms with Crippen LogP contribution in [0.3, 0.4) is 0 Å². The molecule has 260 valence electrons. The number of allylic oxidation sites excluding steroid dienone is 1. The summed E-state index contributed by atoms with van der Waals surface area (Å²) in [4.78, 5) is 41.7. The first-order valence-corrected chi connectivity index (χ1v) is 15.8. The molecule has 4 atom stereocenters. The molecule has 1 fully saturated rings. The van der Waals surface area contributed by atoms with Crippen LogP contribution in [0.1, 0.15) is 87.1 Å². The Morgan fingerprint density at radius 3 is 2.15 bits per heavy atom. The van der Waals surface area contributed by atoms with Crippen LogP contribution in [-0.2, 0) is 30.2 Å². The van der Waals surface area contributed by atoms with Crippen LogP contribution in [0.4, 0.5) is 9.59 Å². The highest BCUT2D eigenvalue weighted by molar-refractivity contribution is 5.95. The zero-order chi connectivity index (χ0) is 35.0. The highest BCUT2D eigenvalue weighted by atomic mass is 16.7. The molecular weight excluding hydrogens is 594 g/mol. The number of ether oxygens (including phenoxy) is 6. The molecule has 0 aliphatic carbocycles. The zero-order valence-electron chi connectivity index (χ0n) is 29.6. The van der Waals surface area contributed by atoms with Crippen LogP contribution in [0.2, 0.25) is 0 Å². The summed E-state index contributed by atoms with van der Waals surface area (Å²) >= 11 is 0. The lowest BCUT2D eigenvalue weighted by Gasteiger charge is -2.46. The molecule has 1 aromatic carbocycles. The number of methoxy groups -OCH3 is 2. The van der Waals surface area contributed by atoms with Gasteiger partial charge in [0.15, 0.2) is 11.5 Å². The van der Waals surface area contributed by atoms with Crippen molar-refractivity contribution in [1.29, 1.82) is 0 Å². The van der Waals surface area contributed by atoms with Gasteiger partial charge in [0.25, 0.3) is 0 Å². The molecule has 0 spiro atoms. The van der Waals surface area contributed by atoms with Gasteiger partial charge in [0.2, 0.25) is 5.91 Å². The van der Waals surface area contributed by atoms with Gasteiger partial charge in [-0.25, -0.2) is 14.5 Å². The van der Waals surface area contributed by atoms with Gasteiger partial charge in [-0.2, -0.15) is 0 Å². The first-order chi connectivity index (χ1) is 21.2. The van der Waals surface area contributed by atoms with Crippen molar-refractivity contribution in [2.45, 2.75) is 117 Å². The average molecular weight is 650 g/mol. The van der Waals surface area contributed by atoms with Crippen molar-refractivity contribution in [3.8, 4) is 11.5 Å². The monoisotopic (exact) mass is 649 g/mol. The lowest BCUT2D eigenvalue weighted by atomic mass is 9.76. The molecule has 1 saturated heterocycles. The van der Waals surface area contributed by atoms with Crippen molar-refractivity contribution in [3.05, 3.63) is 35.9 Å². The van der Waals surface area contributed by atoms with Gasteiger partial charge in [-0.1, -0.05) is 18.2 Å². The Labute approximate surface area is 274 Å². The summed E-state index contributed by atoms with van der Waals surface area (Å²) in [6, 6.07) is 4.72. The number of piperidine rings is 1. The summed E-state index contributed by atoms with van der Waals surface area (Å²) in [6.07, 6.45) is -1.43. The molecule has 11 heteroatoms. The maximum absolute atomic E-state index is 14.0. The predicted molar refractivity (Wildman–Crippen MR) is 174 cm³/mol. The van der Waals surface area contributed by atoms with Gasteiger partial charge in [-0.05, 0) is 98.8 Å². The third-order valence-electron chi connectivity index (χ3n) is 7.53. The topological polar surface area (TPSA) is 130 Å². The van der Waals surface area contributed by atoms with E-state index in [1.165, 1.54) is 13.8 Å². The van der Waals surface area contributed by atoms with E-state index < -0.39 is 53.0 Å². The van der Waals surface area contributed by atoms with Crippen molar-refractivity contribution in [1.82, 2.24) is 4.90 Å². The van der Waals surface area contributed by atoms with E-state index in [9.17, 15) is 19.5 Å². The van der Waals surface area contributed by atoms with Gasteiger partial charge in [-0.15, -0.1) is 0 Å². The number of hydrogen-bond acceptors (Lipinski definition) is 10. The van der Waals surface area contributed by atoms with E-state index in [1.807, 2.05) is 25.1 Å². The van der Waals surface area contributed by atoms with Crippen molar-refractivity contribution in [2.75, 3.05) is 27.4 Å². The molecule has 1 heterocycles. The van der Waals surface area contributed by atoms with E-state index >= 15 is 0 Å². The maximum atomic E-state index is 14.0. The van der Waals surface area contributed by atoms with Gasteiger partial charge < -0.3 is 33.5 Å². The SMILES string of the molecule is C=C(C)[C@@H](Cc1ccc(OC)c(OCCCOC)c1)C[C@H]1[C@@H](OC(=O)OC(C)(C)C)CC(C(C)(C)O)C(=O)N1C(=O)OC(C)(C)C. The second-order valence-electron chi connectivity index (χ2n) is 14.5. The van der Waals surface area contributed by atoms with Crippen LogP contribution < -0.4 is 9.47 Å². The third kappa shape index (κ3) is 11.8. The number of aliphatic hydroxyl groups is 1. The Bertz CT molecular complexity index is 1210. The maximum Gasteiger partial charge on any atom is 0.509 e. The number of benzene rings is 1. The van der Waals surface area contributed by atoms with Gasteiger partial charge in [0, 0.05) is 26.6 Å². The summed E-state index contributed by atoms with van der Waals surface area (Å²) in [7, 11) is 3.21. The highest BCUT2D eigenvalue weighted by Gasteiger charge is 2.52. The Morgan fingerprint density at radius 2 is 1.63 bits per heavy atom. The van der Waals surface area contributed by atoms with E-state index in [0.29, 0.717) is 37.6 Å². The number of carbonyl (C=O) groups is 3. The molecule has 1 aromatic rings. The molecule has 0 radical (unpaired) electrons. The molecule has 0 saturated carbocycles. The number of imide groups is 1. The second-order valence-corrected chi connectivity index (χ2v) is 14.5. The van der Waals surface area contributed by atoms with E-state index in [-0.39, 0.29) is 18.8 Å². The van der Waals surface area contributed by atoms with Crippen molar-refractivity contribution < 1.29 is 47.9 Å². The molecule has 46 heavy (non-hydrogen) atoms. The van der Waals surface area contributed by atoms with Crippen LogP contribution in [-0.4, -0.2) is 84.5 Å². The minimum atomic E-state index is -1.52. The van der Waals surface area contributed by atoms with Crippen LogP contribution in [0.25, 0.3) is 0 Å². The average Bonchev–Trinajstić information content (AvgIpc) is 2.89. The minimum absolute atomic E-state index is 0.0174. The highest BCUT2D eigenvalue weighted by Crippen LogP contribution is 2.39. The van der Waals surface area contributed by atoms with Gasteiger partial charge >= 0.3 is 12.2 Å². The van der Waals surface area contributed by atoms with E-state index in [4.69, 9.17) is 28.4 Å². The molecule has 1 aliphatic heterocycles. The molecule has 0 bridgehead atoms. The molecule has 0 aromatic heterocycles. The number of carbonyl (C=O) groups excluding carboxylic acids is 3. The first-order valence-electron chi connectivity index (χ1n) is 15.8. The summed E-state index contributed by atoms with van der Waals surface area (Å²) in [5.41, 5.74) is -1.55. The molecule has 2 amide bonds. The predicted octanol–water partition coefficient (Wildman–Crippen LogP) is 6.48. The van der Waals surface area contributed by atoms with Crippen molar-refractivity contribution >= 4 is 18.2 Å². The fourth-order valence-electron chi connectivity index (χ4n) is 5.28.